The predicted molar refractivity (Wildman–Crippen MR) is 75.8 cm³/mol. The van der Waals surface area contributed by atoms with E-state index >= 15 is 0 Å². The molecule has 6 heteroatoms. The quantitative estimate of drug-likeness (QED) is 0.504. The molecule has 0 atom stereocenters. The van der Waals surface area contributed by atoms with Crippen LogP contribution in [-0.4, -0.2) is 16.5 Å². The molecule has 0 aliphatic carbocycles. The first-order valence-corrected chi connectivity index (χ1v) is 6.33. The van der Waals surface area contributed by atoms with Crippen LogP contribution in [0.25, 0.3) is 0 Å². The van der Waals surface area contributed by atoms with E-state index in [4.69, 9.17) is 9.94 Å². The summed E-state index contributed by atoms with van der Waals surface area (Å²) in [4.78, 5) is 8.04. The van der Waals surface area contributed by atoms with Gasteiger partial charge < -0.3 is 4.74 Å². The predicted octanol–water partition coefficient (Wildman–Crippen LogP) is 3.06. The molecule has 2 N–H and O–H groups in total. The number of aromatic nitrogens is 1. The third-order valence-corrected chi connectivity index (χ3v) is 2.71. The van der Waals surface area contributed by atoms with Crippen molar-refractivity contribution in [1.29, 1.82) is 0 Å². The molecule has 2 aromatic rings. The molecule has 0 unspecified atom stereocenters. The highest BCUT2D eigenvalue weighted by Gasteiger charge is 2.05. The van der Waals surface area contributed by atoms with Gasteiger partial charge in [-0.15, -0.1) is 0 Å². The minimum atomic E-state index is 0.390. The normalized spacial score (nSPS) is 10.6. The van der Waals surface area contributed by atoms with E-state index < -0.39 is 0 Å². The molecule has 0 saturated heterocycles. The molecule has 0 fully saturated rings. The smallest absolute Gasteiger partial charge is 0.196 e. The second-order valence-corrected chi connectivity index (χ2v) is 4.55. The fourth-order valence-corrected chi connectivity index (χ4v) is 1.75. The van der Waals surface area contributed by atoms with Gasteiger partial charge in [0, 0.05) is 10.7 Å². The van der Waals surface area contributed by atoms with Crippen molar-refractivity contribution in [3.63, 3.8) is 0 Å². The molecule has 1 aromatic heterocycles. The highest BCUT2D eigenvalue weighted by atomic mass is 79.9. The molecule has 1 heterocycles. The van der Waals surface area contributed by atoms with Gasteiger partial charge in [-0.05, 0) is 27.6 Å². The summed E-state index contributed by atoms with van der Waals surface area (Å²) >= 11 is 3.33. The minimum absolute atomic E-state index is 0.390. The maximum Gasteiger partial charge on any atom is 0.196 e. The minimum Gasteiger partial charge on any atom is -0.485 e. The summed E-state index contributed by atoms with van der Waals surface area (Å²) in [7, 11) is 0. The summed E-state index contributed by atoms with van der Waals surface area (Å²) in [6.07, 6.45) is 2.74. The summed E-state index contributed by atoms with van der Waals surface area (Å²) in [5, 5.41) is 8.50. The monoisotopic (exact) mass is 321 g/mol. The third kappa shape index (κ3) is 4.04. The zero-order chi connectivity index (χ0) is 13.5. The Bertz CT molecular complexity index is 561. The first-order chi connectivity index (χ1) is 9.29. The Hall–Kier alpha value is -1.92. The van der Waals surface area contributed by atoms with Crippen LogP contribution in [0.5, 0.6) is 5.75 Å². The Balaban J connectivity index is 2.14. The second kappa shape index (κ2) is 6.86. The number of pyridine rings is 1. The number of hydroxylamine groups is 1. The molecule has 0 bridgehead atoms. The van der Waals surface area contributed by atoms with E-state index in [9.17, 15) is 0 Å². The van der Waals surface area contributed by atoms with Crippen molar-refractivity contribution in [2.24, 2.45) is 4.99 Å². The maximum atomic E-state index is 8.50. The highest BCUT2D eigenvalue weighted by Crippen LogP contribution is 2.28. The number of hydrogen-bond acceptors (Lipinski definition) is 4. The van der Waals surface area contributed by atoms with E-state index in [2.05, 4.69) is 25.9 Å². The molecule has 0 spiro atoms. The lowest BCUT2D eigenvalue weighted by Gasteiger charge is -2.08. The summed E-state index contributed by atoms with van der Waals surface area (Å²) in [5.41, 5.74) is 2.89. The van der Waals surface area contributed by atoms with E-state index in [1.807, 2.05) is 35.8 Å². The molecule has 0 radical (unpaired) electrons. The zero-order valence-electron chi connectivity index (χ0n) is 9.95. The number of benzene rings is 1. The largest absolute Gasteiger partial charge is 0.485 e. The summed E-state index contributed by atoms with van der Waals surface area (Å²) in [6, 6.07) is 11.6. The molecule has 0 saturated carbocycles. The van der Waals surface area contributed by atoms with Crippen molar-refractivity contribution in [3.05, 3.63) is 52.6 Å². The number of ether oxygens (including phenoxy) is 1. The number of halogens is 1. The average molecular weight is 322 g/mol. The van der Waals surface area contributed by atoms with Gasteiger partial charge in [0.05, 0.1) is 0 Å². The van der Waals surface area contributed by atoms with E-state index in [1.165, 1.54) is 0 Å². The summed E-state index contributed by atoms with van der Waals surface area (Å²) in [5.74, 6) is 0.922. The van der Waals surface area contributed by atoms with Crippen LogP contribution < -0.4 is 10.2 Å². The lowest BCUT2D eigenvalue weighted by Crippen LogP contribution is -2.02. The van der Waals surface area contributed by atoms with E-state index in [0.717, 1.165) is 16.4 Å². The lowest BCUT2D eigenvalue weighted by atomic mass is 10.2. The van der Waals surface area contributed by atoms with Gasteiger partial charge in [-0.3, -0.25) is 10.7 Å². The maximum absolute atomic E-state index is 8.50. The molecular formula is C13H12BrN3O2. The van der Waals surface area contributed by atoms with Crippen LogP contribution in [0, 0.1) is 0 Å². The van der Waals surface area contributed by atoms with Crippen molar-refractivity contribution in [2.75, 3.05) is 0 Å². The molecule has 98 valence electrons. The van der Waals surface area contributed by atoms with Crippen molar-refractivity contribution < 1.29 is 9.94 Å². The fraction of sp³-hybridized carbons (Fsp3) is 0.0769. The van der Waals surface area contributed by atoms with Crippen molar-refractivity contribution in [3.8, 4) is 5.75 Å². The molecule has 5 nitrogen and oxygen atoms in total. The molecule has 0 amide bonds. The molecule has 19 heavy (non-hydrogen) atoms. The van der Waals surface area contributed by atoms with Gasteiger partial charge in [-0.2, -0.15) is 0 Å². The van der Waals surface area contributed by atoms with Crippen LogP contribution in [0.3, 0.4) is 0 Å². The van der Waals surface area contributed by atoms with Gasteiger partial charge in [-0.25, -0.2) is 9.98 Å². The summed E-state index contributed by atoms with van der Waals surface area (Å²) < 4.78 is 6.48. The Morgan fingerprint density at radius 1 is 1.37 bits per heavy atom. The lowest BCUT2D eigenvalue weighted by molar-refractivity contribution is 0.240. The zero-order valence-corrected chi connectivity index (χ0v) is 11.5. The van der Waals surface area contributed by atoms with Crippen LogP contribution in [-0.2, 0) is 6.61 Å². The Morgan fingerprint density at radius 3 is 2.89 bits per heavy atom. The first-order valence-electron chi connectivity index (χ1n) is 5.54. The van der Waals surface area contributed by atoms with E-state index in [1.54, 1.807) is 12.3 Å². The van der Waals surface area contributed by atoms with Crippen LogP contribution >= 0.6 is 15.9 Å². The SMILES string of the molecule is ON/C=N/c1ncc(Br)cc1OCc1ccccc1. The second-order valence-electron chi connectivity index (χ2n) is 3.64. The van der Waals surface area contributed by atoms with Crippen molar-refractivity contribution >= 4 is 28.1 Å². The van der Waals surface area contributed by atoms with Crippen LogP contribution in [0.2, 0.25) is 0 Å². The van der Waals surface area contributed by atoms with E-state index in [-0.39, 0.29) is 0 Å². The molecule has 1 aromatic carbocycles. The van der Waals surface area contributed by atoms with Crippen molar-refractivity contribution in [2.45, 2.75) is 6.61 Å². The first kappa shape index (κ1) is 13.5. The Morgan fingerprint density at radius 2 is 2.16 bits per heavy atom. The highest BCUT2D eigenvalue weighted by molar-refractivity contribution is 9.10. The molecular weight excluding hydrogens is 310 g/mol. The molecule has 0 aliphatic rings. The molecule has 0 aliphatic heterocycles. The van der Waals surface area contributed by atoms with Gasteiger partial charge in [0.15, 0.2) is 11.6 Å². The van der Waals surface area contributed by atoms with Gasteiger partial charge >= 0.3 is 0 Å². The Kier molecular flexibility index (Phi) is 4.88. The van der Waals surface area contributed by atoms with Gasteiger partial charge in [0.25, 0.3) is 0 Å². The van der Waals surface area contributed by atoms with Crippen LogP contribution in [0.1, 0.15) is 5.56 Å². The van der Waals surface area contributed by atoms with Gasteiger partial charge in [0.2, 0.25) is 0 Å². The van der Waals surface area contributed by atoms with Gasteiger partial charge in [0.1, 0.15) is 12.9 Å². The average Bonchev–Trinajstić information content (AvgIpc) is 2.45. The number of rotatable bonds is 5. The van der Waals surface area contributed by atoms with Crippen molar-refractivity contribution in [1.82, 2.24) is 10.5 Å². The number of hydrogen-bond donors (Lipinski definition) is 2. The standard InChI is InChI=1S/C13H12BrN3O2/c14-11-6-12(13(15-7-11)16-9-17-18)19-8-10-4-2-1-3-5-10/h1-7,9,18H,8H2,(H,15,16,17). The fourth-order valence-electron chi connectivity index (χ4n) is 1.44. The molecule has 2 rings (SSSR count). The number of nitrogens with one attached hydrogen (secondary N) is 1. The van der Waals surface area contributed by atoms with Crippen LogP contribution in [0.4, 0.5) is 5.82 Å². The van der Waals surface area contributed by atoms with Gasteiger partial charge in [-0.1, -0.05) is 30.3 Å². The number of nitrogens with zero attached hydrogens (tertiary/aromatic N) is 2. The number of aliphatic imine (C=N–C) groups is 1. The van der Waals surface area contributed by atoms with Crippen LogP contribution in [0.15, 0.2) is 52.1 Å². The third-order valence-electron chi connectivity index (χ3n) is 2.28. The topological polar surface area (TPSA) is 66.7 Å². The summed E-state index contributed by atoms with van der Waals surface area (Å²) in [6.45, 7) is 0.425. The Labute approximate surface area is 119 Å². The van der Waals surface area contributed by atoms with E-state index in [0.29, 0.717) is 18.2 Å².